The maximum atomic E-state index is 14.4. The lowest BCUT2D eigenvalue weighted by atomic mass is 9.71. The summed E-state index contributed by atoms with van der Waals surface area (Å²) in [5, 5.41) is 10.5. The number of ether oxygens (including phenoxy) is 1. The number of benzene rings is 1. The molecule has 2 amide bonds. The molecule has 3 heterocycles. The van der Waals surface area contributed by atoms with E-state index < -0.39 is 34.6 Å². The number of carbonyl (C=O) groups excluding carboxylic acids is 3. The number of amides is 2. The second kappa shape index (κ2) is 11.9. The first-order valence-corrected chi connectivity index (χ1v) is 14.2. The normalized spacial score (nSPS) is 28.6. The molecule has 4 rings (SSSR count). The summed E-state index contributed by atoms with van der Waals surface area (Å²) in [4.78, 5) is 45.2. The van der Waals surface area contributed by atoms with Crippen molar-refractivity contribution in [3.8, 4) is 0 Å². The molecular weight excluding hydrogens is 488 g/mol. The van der Waals surface area contributed by atoms with Crippen molar-refractivity contribution < 1.29 is 24.2 Å². The molecule has 2 unspecified atom stereocenters. The van der Waals surface area contributed by atoms with Crippen LogP contribution in [-0.2, 0) is 19.1 Å². The molecule has 0 aliphatic carbocycles. The van der Waals surface area contributed by atoms with Gasteiger partial charge in [-0.25, -0.2) is 0 Å². The average molecular weight is 527 g/mol. The van der Waals surface area contributed by atoms with E-state index in [9.17, 15) is 19.5 Å². The largest absolute Gasteiger partial charge is 0.461 e. The van der Waals surface area contributed by atoms with Gasteiger partial charge in [-0.3, -0.25) is 14.4 Å². The predicted molar refractivity (Wildman–Crippen MR) is 145 cm³/mol. The van der Waals surface area contributed by atoms with Gasteiger partial charge in [-0.05, 0) is 24.8 Å². The Bertz CT molecular complexity index is 1020. The molecule has 1 aromatic rings. The number of fused-ring (bicyclic) bond motifs is 1. The fourth-order valence-corrected chi connectivity index (χ4v) is 8.60. The quantitative estimate of drug-likeness (QED) is 0.239. The fraction of sp³-hybridized carbons (Fsp3) is 0.552. The van der Waals surface area contributed by atoms with Crippen molar-refractivity contribution >= 4 is 29.5 Å². The summed E-state index contributed by atoms with van der Waals surface area (Å²) in [5.41, 5.74) is 0.763. The number of likely N-dealkylation sites (tertiary alicyclic amines) is 1. The molecule has 3 fully saturated rings. The van der Waals surface area contributed by atoms with E-state index in [2.05, 4.69) is 20.1 Å². The number of esters is 1. The molecule has 7 nitrogen and oxygen atoms in total. The summed E-state index contributed by atoms with van der Waals surface area (Å²) >= 11 is 1.61. The summed E-state index contributed by atoms with van der Waals surface area (Å²) in [6.45, 7) is 10.3. The summed E-state index contributed by atoms with van der Waals surface area (Å²) < 4.78 is 4.70. The molecule has 200 valence electrons. The van der Waals surface area contributed by atoms with E-state index >= 15 is 0 Å². The van der Waals surface area contributed by atoms with Crippen LogP contribution in [0.25, 0.3) is 0 Å². The monoisotopic (exact) mass is 526 g/mol. The third kappa shape index (κ3) is 4.86. The van der Waals surface area contributed by atoms with Crippen molar-refractivity contribution in [1.29, 1.82) is 0 Å². The third-order valence-corrected chi connectivity index (χ3v) is 9.93. The smallest absolute Gasteiger partial charge is 0.311 e. The topological polar surface area (TPSA) is 87.1 Å². The molecule has 2 bridgehead atoms. The van der Waals surface area contributed by atoms with Gasteiger partial charge in [0.15, 0.2) is 0 Å². The Balaban J connectivity index is 1.78. The summed E-state index contributed by atoms with van der Waals surface area (Å²) in [7, 11) is 0. The zero-order valence-electron chi connectivity index (χ0n) is 21.6. The van der Waals surface area contributed by atoms with E-state index in [1.165, 1.54) is 6.08 Å². The second-order valence-electron chi connectivity index (χ2n) is 10.1. The van der Waals surface area contributed by atoms with Crippen LogP contribution in [0.3, 0.4) is 0 Å². The van der Waals surface area contributed by atoms with Crippen molar-refractivity contribution in [2.45, 2.75) is 61.1 Å². The van der Waals surface area contributed by atoms with Crippen LogP contribution >= 0.6 is 11.8 Å². The molecule has 0 aromatic heterocycles. The van der Waals surface area contributed by atoms with Crippen LogP contribution < -0.4 is 0 Å². The van der Waals surface area contributed by atoms with Crippen LogP contribution in [0.1, 0.15) is 50.6 Å². The molecular formula is C29H38N2O5S. The number of rotatable bonds is 13. The lowest BCUT2D eigenvalue weighted by Gasteiger charge is -2.39. The Morgan fingerprint density at radius 3 is 2.68 bits per heavy atom. The first-order chi connectivity index (χ1) is 17.9. The standard InChI is InChI=1S/C29H38N2O5S/c1-4-7-11-17-30(16-5-2)27(34)25-29-15-14-22(37-29)23(28(35)36-18-6-3)24(29)26(33)31(25)21(19-32)20-12-9-8-10-13-20/h5-6,8-10,12-13,21-25,32H,2-4,7,11,14-19H2,1H3/t21-,22-,23+,24+,25?,29?/m1/s1. The van der Waals surface area contributed by atoms with Crippen molar-refractivity contribution in [2.75, 3.05) is 26.3 Å². The van der Waals surface area contributed by atoms with E-state index in [1.54, 1.807) is 27.6 Å². The number of hydrogen-bond donors (Lipinski definition) is 1. The van der Waals surface area contributed by atoms with Crippen LogP contribution in [0.15, 0.2) is 55.6 Å². The fourth-order valence-electron chi connectivity index (χ4n) is 6.41. The molecule has 0 radical (unpaired) electrons. The molecule has 1 spiro atoms. The Morgan fingerprint density at radius 1 is 1.27 bits per heavy atom. The predicted octanol–water partition coefficient (Wildman–Crippen LogP) is 3.75. The van der Waals surface area contributed by atoms with Gasteiger partial charge in [0.25, 0.3) is 0 Å². The van der Waals surface area contributed by atoms with Crippen molar-refractivity contribution in [3.05, 3.63) is 61.2 Å². The minimum atomic E-state index is -0.781. The van der Waals surface area contributed by atoms with Gasteiger partial charge >= 0.3 is 5.97 Å². The Kier molecular flexibility index (Phi) is 8.80. The minimum Gasteiger partial charge on any atom is -0.461 e. The summed E-state index contributed by atoms with van der Waals surface area (Å²) in [5.74, 6) is -2.06. The number of unbranched alkanes of at least 4 members (excludes halogenated alkanes) is 2. The van der Waals surface area contributed by atoms with Gasteiger partial charge < -0.3 is 19.6 Å². The number of carbonyl (C=O) groups is 3. The molecule has 0 saturated carbocycles. The van der Waals surface area contributed by atoms with Gasteiger partial charge in [-0.1, -0.05) is 68.8 Å². The van der Waals surface area contributed by atoms with Gasteiger partial charge in [0.05, 0.1) is 29.2 Å². The van der Waals surface area contributed by atoms with Crippen LogP contribution in [0, 0.1) is 11.8 Å². The number of thioether (sulfide) groups is 1. The maximum Gasteiger partial charge on any atom is 0.311 e. The zero-order chi connectivity index (χ0) is 26.6. The van der Waals surface area contributed by atoms with Crippen molar-refractivity contribution in [1.82, 2.24) is 9.80 Å². The van der Waals surface area contributed by atoms with Crippen LogP contribution in [0.4, 0.5) is 0 Å². The van der Waals surface area contributed by atoms with Gasteiger partial charge in [-0.2, -0.15) is 0 Å². The number of aliphatic hydroxyl groups is 1. The molecule has 8 heteroatoms. The number of aliphatic hydroxyl groups excluding tert-OH is 1. The highest BCUT2D eigenvalue weighted by Crippen LogP contribution is 2.67. The van der Waals surface area contributed by atoms with E-state index in [0.717, 1.165) is 31.2 Å². The lowest BCUT2D eigenvalue weighted by molar-refractivity contribution is -0.153. The van der Waals surface area contributed by atoms with E-state index in [1.807, 2.05) is 30.3 Å². The molecule has 6 atom stereocenters. The minimum absolute atomic E-state index is 0.0686. The summed E-state index contributed by atoms with van der Waals surface area (Å²) in [6.07, 6.45) is 7.54. The first kappa shape index (κ1) is 27.5. The molecule has 3 aliphatic rings. The first-order valence-electron chi connectivity index (χ1n) is 13.3. The van der Waals surface area contributed by atoms with Crippen LogP contribution in [0.5, 0.6) is 0 Å². The van der Waals surface area contributed by atoms with Gasteiger partial charge in [0.2, 0.25) is 11.8 Å². The Morgan fingerprint density at radius 2 is 2.03 bits per heavy atom. The number of nitrogens with zero attached hydrogens (tertiary/aromatic N) is 2. The zero-order valence-corrected chi connectivity index (χ0v) is 22.4. The second-order valence-corrected chi connectivity index (χ2v) is 11.7. The highest BCUT2D eigenvalue weighted by atomic mass is 32.2. The van der Waals surface area contributed by atoms with Crippen molar-refractivity contribution in [2.24, 2.45) is 11.8 Å². The van der Waals surface area contributed by atoms with Crippen LogP contribution in [0.2, 0.25) is 0 Å². The molecule has 3 aliphatic heterocycles. The highest BCUT2D eigenvalue weighted by molar-refractivity contribution is 8.02. The molecule has 1 N–H and O–H groups in total. The van der Waals surface area contributed by atoms with Crippen molar-refractivity contribution in [3.63, 3.8) is 0 Å². The van der Waals surface area contributed by atoms with E-state index in [4.69, 9.17) is 4.74 Å². The summed E-state index contributed by atoms with van der Waals surface area (Å²) in [6, 6.07) is 7.86. The Hall–Kier alpha value is -2.58. The van der Waals surface area contributed by atoms with Gasteiger partial charge in [-0.15, -0.1) is 18.3 Å². The Labute approximate surface area is 223 Å². The third-order valence-electron chi connectivity index (χ3n) is 7.97. The van der Waals surface area contributed by atoms with E-state index in [0.29, 0.717) is 19.5 Å². The van der Waals surface area contributed by atoms with Gasteiger partial charge in [0, 0.05) is 18.3 Å². The maximum absolute atomic E-state index is 14.4. The van der Waals surface area contributed by atoms with E-state index in [-0.39, 0.29) is 30.3 Å². The molecule has 37 heavy (non-hydrogen) atoms. The van der Waals surface area contributed by atoms with Gasteiger partial charge in [0.1, 0.15) is 12.6 Å². The molecule has 3 saturated heterocycles. The highest BCUT2D eigenvalue weighted by Gasteiger charge is 2.74. The average Bonchev–Trinajstić information content (AvgIpc) is 3.55. The number of hydrogen-bond acceptors (Lipinski definition) is 6. The van der Waals surface area contributed by atoms with Crippen LogP contribution in [-0.4, -0.2) is 75.0 Å². The SMILES string of the molecule is C=CCOC(=O)[C@@H]1[C@H]2C(=O)N([C@H](CO)c3ccccc3)C(C(=O)N(CC=C)CCCCC)C23CC[C@H]1S3. The molecule has 1 aromatic carbocycles. The lowest BCUT2D eigenvalue weighted by Crippen LogP contribution is -2.55.